The lowest BCUT2D eigenvalue weighted by molar-refractivity contribution is -0.114. The van der Waals surface area contributed by atoms with Crippen LogP contribution in [-0.4, -0.2) is 22.9 Å². The van der Waals surface area contributed by atoms with Crippen molar-refractivity contribution in [2.75, 3.05) is 4.90 Å². The van der Waals surface area contributed by atoms with E-state index in [-0.39, 0.29) is 18.0 Å². The molecule has 0 spiro atoms. The molecule has 1 aliphatic heterocycles. The van der Waals surface area contributed by atoms with Crippen LogP contribution in [0.4, 0.5) is 10.5 Å². The van der Waals surface area contributed by atoms with E-state index in [9.17, 15) is 9.59 Å². The number of carbonyl (C=O) groups excluding carboxylic acids is 2. The van der Waals surface area contributed by atoms with Gasteiger partial charge in [0.25, 0.3) is 5.91 Å². The third-order valence-electron chi connectivity index (χ3n) is 4.09. The van der Waals surface area contributed by atoms with Gasteiger partial charge in [0.15, 0.2) is 0 Å². The summed E-state index contributed by atoms with van der Waals surface area (Å²) in [7, 11) is 0. The van der Waals surface area contributed by atoms with Crippen LogP contribution in [0.5, 0.6) is 0 Å². The minimum Gasteiger partial charge on any atom is -0.286 e. The summed E-state index contributed by atoms with van der Waals surface area (Å²) in [6.07, 6.45) is 5.35. The number of amides is 3. The smallest absolute Gasteiger partial charge is 0.286 e. The summed E-state index contributed by atoms with van der Waals surface area (Å²) < 4.78 is 0. The van der Waals surface area contributed by atoms with Crippen LogP contribution in [0.3, 0.4) is 0 Å². The Morgan fingerprint density at radius 1 is 1.00 bits per heavy atom. The quantitative estimate of drug-likeness (QED) is 0.611. The van der Waals surface area contributed by atoms with E-state index in [2.05, 4.69) is 6.58 Å². The van der Waals surface area contributed by atoms with Crippen molar-refractivity contribution in [3.05, 3.63) is 42.6 Å². The van der Waals surface area contributed by atoms with Crippen molar-refractivity contribution in [1.29, 1.82) is 0 Å². The molecule has 3 rings (SSSR count). The summed E-state index contributed by atoms with van der Waals surface area (Å²) in [5.41, 5.74) is 0.924. The van der Waals surface area contributed by atoms with Gasteiger partial charge in [0.05, 0.1) is 5.69 Å². The summed E-state index contributed by atoms with van der Waals surface area (Å²) in [4.78, 5) is 27.8. The Bertz CT molecular complexity index is 547. The van der Waals surface area contributed by atoms with Gasteiger partial charge in [0.2, 0.25) is 0 Å². The Balaban J connectivity index is 1.90. The van der Waals surface area contributed by atoms with Gasteiger partial charge in [0.1, 0.15) is 5.70 Å². The molecule has 104 valence electrons. The van der Waals surface area contributed by atoms with E-state index < -0.39 is 0 Å². The first-order valence-electron chi connectivity index (χ1n) is 7.12. The molecule has 20 heavy (non-hydrogen) atoms. The lowest BCUT2D eigenvalue weighted by atomic mass is 9.94. The molecule has 0 N–H and O–H groups in total. The number of benzene rings is 1. The van der Waals surface area contributed by atoms with Crippen molar-refractivity contribution in [3.63, 3.8) is 0 Å². The number of anilines is 1. The Labute approximate surface area is 118 Å². The Kier molecular flexibility index (Phi) is 3.30. The van der Waals surface area contributed by atoms with Gasteiger partial charge in [-0.1, -0.05) is 44.0 Å². The molecular weight excluding hydrogens is 252 g/mol. The number of hydrogen-bond donors (Lipinski definition) is 0. The minimum absolute atomic E-state index is 0.126. The molecule has 2 fully saturated rings. The SMILES string of the molecule is C=C1C(=O)N(c2ccccc2)C(=O)N1C1CCCCC1. The molecule has 4 heteroatoms. The van der Waals surface area contributed by atoms with Crippen LogP contribution >= 0.6 is 0 Å². The molecule has 0 bridgehead atoms. The Morgan fingerprint density at radius 2 is 1.65 bits per heavy atom. The Morgan fingerprint density at radius 3 is 2.30 bits per heavy atom. The van der Waals surface area contributed by atoms with Gasteiger partial charge in [0, 0.05) is 6.04 Å². The zero-order valence-electron chi connectivity index (χ0n) is 11.4. The molecular formula is C16H18N2O2. The predicted octanol–water partition coefficient (Wildman–Crippen LogP) is 3.30. The highest BCUT2D eigenvalue weighted by Gasteiger charge is 2.44. The Hall–Kier alpha value is -2.10. The molecule has 0 radical (unpaired) electrons. The summed E-state index contributed by atoms with van der Waals surface area (Å²) in [5.74, 6) is -0.299. The molecule has 0 atom stereocenters. The van der Waals surface area contributed by atoms with Crippen molar-refractivity contribution in [2.24, 2.45) is 0 Å². The highest BCUT2D eigenvalue weighted by Crippen LogP contribution is 2.32. The molecule has 0 aromatic heterocycles. The molecule has 1 saturated carbocycles. The highest BCUT2D eigenvalue weighted by molar-refractivity contribution is 6.26. The molecule has 4 nitrogen and oxygen atoms in total. The number of imide groups is 1. The lowest BCUT2D eigenvalue weighted by Crippen LogP contribution is -2.39. The van der Waals surface area contributed by atoms with E-state index in [0.29, 0.717) is 11.4 Å². The van der Waals surface area contributed by atoms with Crippen LogP contribution in [-0.2, 0) is 4.79 Å². The van der Waals surface area contributed by atoms with Crippen LogP contribution in [0.2, 0.25) is 0 Å². The van der Waals surface area contributed by atoms with Crippen LogP contribution in [0.15, 0.2) is 42.6 Å². The standard InChI is InChI=1S/C16H18N2O2/c1-12-15(19)18(14-10-6-3-7-11-14)16(20)17(12)13-8-4-2-5-9-13/h3,6-7,10-11,13H,1-2,4-5,8-9H2. The van der Waals surface area contributed by atoms with Gasteiger partial charge < -0.3 is 0 Å². The second kappa shape index (κ2) is 5.12. The van der Waals surface area contributed by atoms with Crippen molar-refractivity contribution >= 4 is 17.6 Å². The van der Waals surface area contributed by atoms with Gasteiger partial charge in [-0.25, -0.2) is 9.69 Å². The zero-order valence-corrected chi connectivity index (χ0v) is 11.4. The first-order chi connectivity index (χ1) is 9.70. The summed E-state index contributed by atoms with van der Waals surface area (Å²) in [6.45, 7) is 3.83. The predicted molar refractivity (Wildman–Crippen MR) is 77.2 cm³/mol. The molecule has 3 amide bonds. The van der Waals surface area contributed by atoms with Gasteiger partial charge in [-0.05, 0) is 25.0 Å². The van der Waals surface area contributed by atoms with Crippen LogP contribution in [0.1, 0.15) is 32.1 Å². The maximum absolute atomic E-state index is 12.6. The van der Waals surface area contributed by atoms with Gasteiger partial charge in [-0.3, -0.25) is 9.69 Å². The topological polar surface area (TPSA) is 40.6 Å². The van der Waals surface area contributed by atoms with Crippen molar-refractivity contribution in [1.82, 2.24) is 4.90 Å². The second-order valence-corrected chi connectivity index (χ2v) is 5.37. The van der Waals surface area contributed by atoms with Gasteiger partial charge >= 0.3 is 6.03 Å². The summed E-state index contributed by atoms with van der Waals surface area (Å²) in [6, 6.07) is 8.92. The highest BCUT2D eigenvalue weighted by atomic mass is 16.2. The van der Waals surface area contributed by atoms with E-state index in [1.54, 1.807) is 17.0 Å². The van der Waals surface area contributed by atoms with Crippen LogP contribution < -0.4 is 4.90 Å². The monoisotopic (exact) mass is 270 g/mol. The normalized spacial score (nSPS) is 20.9. The molecule has 1 heterocycles. The van der Waals surface area contributed by atoms with E-state index in [4.69, 9.17) is 0 Å². The average molecular weight is 270 g/mol. The van der Waals surface area contributed by atoms with Crippen molar-refractivity contribution in [2.45, 2.75) is 38.1 Å². The van der Waals surface area contributed by atoms with E-state index in [1.807, 2.05) is 18.2 Å². The number of nitrogens with zero attached hydrogens (tertiary/aromatic N) is 2. The summed E-state index contributed by atoms with van der Waals surface area (Å²) >= 11 is 0. The van der Waals surface area contributed by atoms with E-state index in [0.717, 1.165) is 25.7 Å². The number of carbonyl (C=O) groups is 2. The number of hydrogen-bond acceptors (Lipinski definition) is 2. The molecule has 1 aromatic carbocycles. The lowest BCUT2D eigenvalue weighted by Gasteiger charge is -2.30. The third kappa shape index (κ3) is 2.01. The second-order valence-electron chi connectivity index (χ2n) is 5.37. The minimum atomic E-state index is -0.299. The molecule has 1 aromatic rings. The number of urea groups is 1. The molecule has 0 unspecified atom stereocenters. The average Bonchev–Trinajstić information content (AvgIpc) is 2.71. The maximum atomic E-state index is 12.6. The van der Waals surface area contributed by atoms with Gasteiger partial charge in [-0.15, -0.1) is 0 Å². The fraction of sp³-hybridized carbons (Fsp3) is 0.375. The third-order valence-corrected chi connectivity index (χ3v) is 4.09. The fourth-order valence-corrected chi connectivity index (χ4v) is 3.06. The molecule has 1 saturated heterocycles. The van der Waals surface area contributed by atoms with E-state index in [1.165, 1.54) is 11.3 Å². The largest absolute Gasteiger partial charge is 0.336 e. The molecule has 2 aliphatic rings. The van der Waals surface area contributed by atoms with Gasteiger partial charge in [-0.2, -0.15) is 0 Å². The molecule has 1 aliphatic carbocycles. The van der Waals surface area contributed by atoms with Crippen molar-refractivity contribution in [3.8, 4) is 0 Å². The van der Waals surface area contributed by atoms with Crippen LogP contribution in [0.25, 0.3) is 0 Å². The number of rotatable bonds is 2. The van der Waals surface area contributed by atoms with Crippen LogP contribution in [0, 0.1) is 0 Å². The summed E-state index contributed by atoms with van der Waals surface area (Å²) in [5, 5.41) is 0. The zero-order chi connectivity index (χ0) is 14.1. The number of para-hydroxylation sites is 1. The fourth-order valence-electron chi connectivity index (χ4n) is 3.06. The first kappa shape index (κ1) is 12.9. The van der Waals surface area contributed by atoms with Crippen molar-refractivity contribution < 1.29 is 9.59 Å². The maximum Gasteiger partial charge on any atom is 0.336 e. The first-order valence-corrected chi connectivity index (χ1v) is 7.12. The van der Waals surface area contributed by atoms with E-state index >= 15 is 0 Å².